The molecule has 0 spiro atoms. The number of carbonyl (C=O) groups excluding carboxylic acids is 2. The summed E-state index contributed by atoms with van der Waals surface area (Å²) in [6.45, 7) is -0.153. The van der Waals surface area contributed by atoms with E-state index in [-0.39, 0.29) is 29.9 Å². The summed E-state index contributed by atoms with van der Waals surface area (Å²) < 4.78 is 12.7. The molecule has 0 saturated carbocycles. The first kappa shape index (κ1) is 17.3. The average molecular weight is 353 g/mol. The minimum absolute atomic E-state index is 0.153. The monoisotopic (exact) mass is 352 g/mol. The van der Waals surface area contributed by atoms with E-state index in [1.807, 2.05) is 18.2 Å². The second kappa shape index (κ2) is 8.55. The standard InChI is InChI=1S/C16H14ClFN2O2S/c17-13-3-1-2-4-14(13)23-10-16(22)19-9-15(21)20-12-7-5-11(18)6-8-12/h1-8H,9-10H2,(H,19,22)(H,20,21). The predicted molar refractivity (Wildman–Crippen MR) is 90.2 cm³/mol. The molecule has 0 radical (unpaired) electrons. The summed E-state index contributed by atoms with van der Waals surface area (Å²) in [6.07, 6.45) is 0. The van der Waals surface area contributed by atoms with Crippen molar-refractivity contribution in [2.24, 2.45) is 0 Å². The van der Waals surface area contributed by atoms with Crippen molar-refractivity contribution in [2.75, 3.05) is 17.6 Å². The molecule has 0 atom stereocenters. The minimum atomic E-state index is -0.382. The number of benzene rings is 2. The number of amides is 2. The molecule has 0 aliphatic heterocycles. The van der Waals surface area contributed by atoms with Gasteiger partial charge in [0.15, 0.2) is 0 Å². The molecule has 0 heterocycles. The molecule has 120 valence electrons. The zero-order valence-corrected chi connectivity index (χ0v) is 13.6. The minimum Gasteiger partial charge on any atom is -0.346 e. The number of anilines is 1. The van der Waals surface area contributed by atoms with Gasteiger partial charge in [0.25, 0.3) is 0 Å². The van der Waals surface area contributed by atoms with Crippen LogP contribution in [0.5, 0.6) is 0 Å². The van der Waals surface area contributed by atoms with Crippen molar-refractivity contribution in [1.29, 1.82) is 0 Å². The molecule has 23 heavy (non-hydrogen) atoms. The third-order valence-corrected chi connectivity index (χ3v) is 4.28. The van der Waals surface area contributed by atoms with Crippen LogP contribution in [0.4, 0.5) is 10.1 Å². The van der Waals surface area contributed by atoms with Crippen LogP contribution in [0.15, 0.2) is 53.4 Å². The molecule has 2 N–H and O–H groups in total. The van der Waals surface area contributed by atoms with Gasteiger partial charge in [0, 0.05) is 10.6 Å². The van der Waals surface area contributed by atoms with Crippen molar-refractivity contribution in [3.05, 3.63) is 59.4 Å². The maximum absolute atomic E-state index is 12.7. The molecule has 2 aromatic rings. The van der Waals surface area contributed by atoms with E-state index in [4.69, 9.17) is 11.6 Å². The number of rotatable bonds is 6. The zero-order valence-electron chi connectivity index (χ0n) is 12.0. The van der Waals surface area contributed by atoms with Crippen LogP contribution >= 0.6 is 23.4 Å². The van der Waals surface area contributed by atoms with Gasteiger partial charge >= 0.3 is 0 Å². The highest BCUT2D eigenvalue weighted by Crippen LogP contribution is 2.26. The molecule has 2 rings (SSSR count). The summed E-state index contributed by atoms with van der Waals surface area (Å²) in [6, 6.07) is 12.6. The smallest absolute Gasteiger partial charge is 0.243 e. The molecule has 0 unspecified atom stereocenters. The maximum atomic E-state index is 12.7. The summed E-state index contributed by atoms with van der Waals surface area (Å²) in [7, 11) is 0. The van der Waals surface area contributed by atoms with Crippen LogP contribution in [0.1, 0.15) is 0 Å². The molecular formula is C16H14ClFN2O2S. The van der Waals surface area contributed by atoms with Gasteiger partial charge in [0.05, 0.1) is 17.3 Å². The third kappa shape index (κ3) is 5.92. The number of hydrogen-bond acceptors (Lipinski definition) is 3. The number of thioether (sulfide) groups is 1. The SMILES string of the molecule is O=C(CSc1ccccc1Cl)NCC(=O)Nc1ccc(F)cc1. The Hall–Kier alpha value is -2.05. The molecular weight excluding hydrogens is 339 g/mol. The summed E-state index contributed by atoms with van der Waals surface area (Å²) in [5, 5.41) is 5.66. The molecule has 4 nitrogen and oxygen atoms in total. The predicted octanol–water partition coefficient (Wildman–Crippen LogP) is 3.33. The summed E-state index contributed by atoms with van der Waals surface area (Å²) in [4.78, 5) is 24.2. The Kier molecular flexibility index (Phi) is 6.43. The number of halogens is 2. The highest BCUT2D eigenvalue weighted by Gasteiger charge is 2.08. The van der Waals surface area contributed by atoms with Crippen LogP contribution in [-0.4, -0.2) is 24.1 Å². The second-order valence-corrected chi connectivity index (χ2v) is 5.98. The maximum Gasteiger partial charge on any atom is 0.243 e. The Morgan fingerprint density at radius 1 is 1.04 bits per heavy atom. The Labute approximate surface area is 142 Å². The van der Waals surface area contributed by atoms with Crippen molar-refractivity contribution in [1.82, 2.24) is 5.32 Å². The third-order valence-electron chi connectivity index (χ3n) is 2.77. The lowest BCUT2D eigenvalue weighted by Crippen LogP contribution is -2.33. The van der Waals surface area contributed by atoms with Crippen molar-refractivity contribution in [2.45, 2.75) is 4.90 Å². The zero-order chi connectivity index (χ0) is 16.7. The summed E-state index contributed by atoms with van der Waals surface area (Å²) in [5.74, 6) is -0.877. The first-order valence-corrected chi connectivity index (χ1v) is 8.10. The Morgan fingerprint density at radius 2 is 1.74 bits per heavy atom. The van der Waals surface area contributed by atoms with Gasteiger partial charge in [-0.3, -0.25) is 9.59 Å². The van der Waals surface area contributed by atoms with Crippen LogP contribution in [0.25, 0.3) is 0 Å². The fourth-order valence-corrected chi connectivity index (χ4v) is 2.74. The normalized spacial score (nSPS) is 10.2. The highest BCUT2D eigenvalue weighted by atomic mass is 35.5. The largest absolute Gasteiger partial charge is 0.346 e. The quantitative estimate of drug-likeness (QED) is 0.784. The fourth-order valence-electron chi connectivity index (χ4n) is 1.67. The van der Waals surface area contributed by atoms with E-state index in [0.29, 0.717) is 10.7 Å². The van der Waals surface area contributed by atoms with Gasteiger partial charge in [-0.05, 0) is 36.4 Å². The van der Waals surface area contributed by atoms with E-state index in [9.17, 15) is 14.0 Å². The second-order valence-electron chi connectivity index (χ2n) is 4.55. The van der Waals surface area contributed by atoms with Gasteiger partial charge in [-0.25, -0.2) is 4.39 Å². The molecule has 0 aliphatic rings. The number of hydrogen-bond donors (Lipinski definition) is 2. The number of nitrogens with one attached hydrogen (secondary N) is 2. The summed E-state index contributed by atoms with van der Waals surface area (Å²) >= 11 is 7.29. The topological polar surface area (TPSA) is 58.2 Å². The molecule has 7 heteroatoms. The lowest BCUT2D eigenvalue weighted by Gasteiger charge is -2.07. The van der Waals surface area contributed by atoms with Crippen LogP contribution in [0.2, 0.25) is 5.02 Å². The number of carbonyl (C=O) groups is 2. The first-order chi connectivity index (χ1) is 11.0. The molecule has 0 aromatic heterocycles. The van der Waals surface area contributed by atoms with Gasteiger partial charge in [-0.15, -0.1) is 11.8 Å². The Morgan fingerprint density at radius 3 is 2.43 bits per heavy atom. The fraction of sp³-hybridized carbons (Fsp3) is 0.125. The molecule has 0 bridgehead atoms. The Bertz CT molecular complexity index is 695. The first-order valence-electron chi connectivity index (χ1n) is 6.74. The van der Waals surface area contributed by atoms with Gasteiger partial charge < -0.3 is 10.6 Å². The van der Waals surface area contributed by atoms with Crippen LogP contribution in [0, 0.1) is 5.82 Å². The van der Waals surface area contributed by atoms with Gasteiger partial charge in [0.1, 0.15) is 5.82 Å². The molecule has 2 aromatic carbocycles. The van der Waals surface area contributed by atoms with E-state index in [1.54, 1.807) is 6.07 Å². The van der Waals surface area contributed by atoms with Crippen molar-refractivity contribution in [3.8, 4) is 0 Å². The average Bonchev–Trinajstić information content (AvgIpc) is 2.54. The highest BCUT2D eigenvalue weighted by molar-refractivity contribution is 8.00. The van der Waals surface area contributed by atoms with Gasteiger partial charge in [-0.1, -0.05) is 23.7 Å². The van der Waals surface area contributed by atoms with Crippen LogP contribution < -0.4 is 10.6 Å². The lowest BCUT2D eigenvalue weighted by molar-refractivity contribution is -0.122. The van der Waals surface area contributed by atoms with E-state index in [2.05, 4.69) is 10.6 Å². The van der Waals surface area contributed by atoms with Crippen molar-refractivity contribution >= 4 is 40.9 Å². The van der Waals surface area contributed by atoms with Crippen molar-refractivity contribution in [3.63, 3.8) is 0 Å². The lowest BCUT2D eigenvalue weighted by atomic mass is 10.3. The van der Waals surface area contributed by atoms with E-state index in [0.717, 1.165) is 4.90 Å². The van der Waals surface area contributed by atoms with E-state index in [1.165, 1.54) is 36.0 Å². The molecule has 2 amide bonds. The van der Waals surface area contributed by atoms with E-state index >= 15 is 0 Å². The van der Waals surface area contributed by atoms with Crippen LogP contribution in [0.3, 0.4) is 0 Å². The molecule has 0 fully saturated rings. The van der Waals surface area contributed by atoms with Gasteiger partial charge in [0.2, 0.25) is 11.8 Å². The van der Waals surface area contributed by atoms with Crippen molar-refractivity contribution < 1.29 is 14.0 Å². The van der Waals surface area contributed by atoms with Crippen LogP contribution in [-0.2, 0) is 9.59 Å². The van der Waals surface area contributed by atoms with Gasteiger partial charge in [-0.2, -0.15) is 0 Å². The molecule has 0 saturated heterocycles. The summed E-state index contributed by atoms with van der Waals surface area (Å²) in [5.41, 5.74) is 0.469. The Balaban J connectivity index is 1.72. The van der Waals surface area contributed by atoms with E-state index < -0.39 is 0 Å². The molecule has 0 aliphatic carbocycles.